The van der Waals surface area contributed by atoms with Gasteiger partial charge in [0.2, 0.25) is 0 Å². The summed E-state index contributed by atoms with van der Waals surface area (Å²) < 4.78 is 0. The lowest BCUT2D eigenvalue weighted by Crippen LogP contribution is -2.23. The van der Waals surface area contributed by atoms with E-state index in [9.17, 15) is 9.59 Å². The summed E-state index contributed by atoms with van der Waals surface area (Å²) in [7, 11) is 0. The zero-order chi connectivity index (χ0) is 12.4. The zero-order valence-corrected chi connectivity index (χ0v) is 10.8. The Morgan fingerprint density at radius 2 is 1.81 bits per heavy atom. The quantitative estimate of drug-likeness (QED) is 0.583. The molecule has 3 nitrogen and oxygen atoms in total. The van der Waals surface area contributed by atoms with Crippen LogP contribution in [0.3, 0.4) is 0 Å². The second-order valence-corrected chi connectivity index (χ2v) is 4.50. The van der Waals surface area contributed by atoms with Gasteiger partial charge in [0, 0.05) is 18.8 Å². The number of hydrogen-bond donors (Lipinski definition) is 1. The van der Waals surface area contributed by atoms with Gasteiger partial charge in [0.1, 0.15) is 11.6 Å². The van der Waals surface area contributed by atoms with Crippen LogP contribution < -0.4 is 5.32 Å². The third-order valence-electron chi connectivity index (χ3n) is 2.64. The van der Waals surface area contributed by atoms with Crippen molar-refractivity contribution in [2.75, 3.05) is 13.1 Å². The van der Waals surface area contributed by atoms with Crippen molar-refractivity contribution in [2.45, 2.75) is 52.9 Å². The predicted molar refractivity (Wildman–Crippen MR) is 66.5 cm³/mol. The third-order valence-corrected chi connectivity index (χ3v) is 2.64. The van der Waals surface area contributed by atoms with Crippen LogP contribution in [0.1, 0.15) is 52.9 Å². The lowest BCUT2D eigenvalue weighted by atomic mass is 10.0. The van der Waals surface area contributed by atoms with Gasteiger partial charge in [0.25, 0.3) is 0 Å². The molecule has 16 heavy (non-hydrogen) atoms. The van der Waals surface area contributed by atoms with Crippen LogP contribution in [0, 0.1) is 5.92 Å². The number of nitrogens with one attached hydrogen (secondary N) is 1. The van der Waals surface area contributed by atoms with Gasteiger partial charge in [-0.1, -0.05) is 27.2 Å². The Morgan fingerprint density at radius 3 is 2.38 bits per heavy atom. The number of carbonyl (C=O) groups excluding carboxylic acids is 2. The fraction of sp³-hybridized carbons (Fsp3) is 0.846. The van der Waals surface area contributed by atoms with Gasteiger partial charge in [0.15, 0.2) is 0 Å². The molecule has 0 atom stereocenters. The summed E-state index contributed by atoms with van der Waals surface area (Å²) in [6.45, 7) is 7.13. The largest absolute Gasteiger partial charge is 0.310 e. The monoisotopic (exact) mass is 227 g/mol. The second kappa shape index (κ2) is 9.52. The van der Waals surface area contributed by atoms with Gasteiger partial charge in [-0.2, -0.15) is 0 Å². The first kappa shape index (κ1) is 15.3. The fourth-order valence-corrected chi connectivity index (χ4v) is 1.37. The molecule has 0 heterocycles. The molecule has 0 radical (unpaired) electrons. The van der Waals surface area contributed by atoms with Gasteiger partial charge < -0.3 is 5.32 Å². The Hall–Kier alpha value is -0.700. The number of ketones is 2. The van der Waals surface area contributed by atoms with Crippen molar-refractivity contribution >= 4 is 11.6 Å². The van der Waals surface area contributed by atoms with E-state index in [4.69, 9.17) is 0 Å². The van der Waals surface area contributed by atoms with E-state index in [2.05, 4.69) is 5.32 Å². The molecule has 1 N–H and O–H groups in total. The van der Waals surface area contributed by atoms with Crippen molar-refractivity contribution in [3.63, 3.8) is 0 Å². The molecule has 0 saturated heterocycles. The van der Waals surface area contributed by atoms with E-state index < -0.39 is 0 Å². The first-order chi connectivity index (χ1) is 7.57. The molecular formula is C13H25NO2. The fourth-order valence-electron chi connectivity index (χ4n) is 1.37. The lowest BCUT2D eigenvalue weighted by Gasteiger charge is -2.04. The highest BCUT2D eigenvalue weighted by Crippen LogP contribution is 2.05. The van der Waals surface area contributed by atoms with Crippen molar-refractivity contribution in [2.24, 2.45) is 5.92 Å². The van der Waals surface area contributed by atoms with Crippen LogP contribution in [-0.2, 0) is 9.59 Å². The Morgan fingerprint density at radius 1 is 1.12 bits per heavy atom. The number of unbranched alkanes of at least 4 members (excludes halogenated alkanes) is 2. The van der Waals surface area contributed by atoms with E-state index >= 15 is 0 Å². The van der Waals surface area contributed by atoms with Crippen LogP contribution in [-0.4, -0.2) is 24.7 Å². The first-order valence-corrected chi connectivity index (χ1v) is 6.33. The van der Waals surface area contributed by atoms with Crippen LogP contribution in [0.4, 0.5) is 0 Å². The Balaban J connectivity index is 3.22. The van der Waals surface area contributed by atoms with Crippen LogP contribution >= 0.6 is 0 Å². The lowest BCUT2D eigenvalue weighted by molar-refractivity contribution is -0.122. The Labute approximate surface area is 99.0 Å². The van der Waals surface area contributed by atoms with Gasteiger partial charge in [-0.3, -0.25) is 9.59 Å². The molecule has 0 rings (SSSR count). The molecule has 0 saturated carbocycles. The molecule has 3 heteroatoms. The van der Waals surface area contributed by atoms with Gasteiger partial charge >= 0.3 is 0 Å². The number of Topliss-reactive ketones (excluding diaryl/α,β-unsaturated/α-hetero) is 2. The Bertz CT molecular complexity index is 212. The van der Waals surface area contributed by atoms with E-state index in [0.717, 1.165) is 25.8 Å². The van der Waals surface area contributed by atoms with Gasteiger partial charge in [-0.15, -0.1) is 0 Å². The summed E-state index contributed by atoms with van der Waals surface area (Å²) in [6.07, 6.45) is 4.38. The van der Waals surface area contributed by atoms with E-state index in [1.54, 1.807) is 0 Å². The summed E-state index contributed by atoms with van der Waals surface area (Å²) >= 11 is 0. The molecule has 0 aliphatic heterocycles. The SMILES string of the molecule is CCC(=O)CNCCCCCC(=O)C(C)C. The third kappa shape index (κ3) is 8.60. The molecule has 0 spiro atoms. The van der Waals surface area contributed by atoms with E-state index in [-0.39, 0.29) is 11.7 Å². The first-order valence-electron chi connectivity index (χ1n) is 6.33. The van der Waals surface area contributed by atoms with Gasteiger partial charge in [-0.25, -0.2) is 0 Å². The molecular weight excluding hydrogens is 202 g/mol. The molecule has 0 aromatic carbocycles. The highest BCUT2D eigenvalue weighted by Gasteiger charge is 2.05. The normalized spacial score (nSPS) is 10.8. The maximum atomic E-state index is 11.3. The minimum absolute atomic E-state index is 0.167. The molecule has 0 aromatic heterocycles. The predicted octanol–water partition coefficient (Wildman–Crippen LogP) is 2.34. The molecule has 0 aliphatic rings. The van der Waals surface area contributed by atoms with Crippen molar-refractivity contribution in [1.29, 1.82) is 0 Å². The maximum Gasteiger partial charge on any atom is 0.146 e. The summed E-state index contributed by atoms with van der Waals surface area (Å²) in [4.78, 5) is 22.3. The number of hydrogen-bond acceptors (Lipinski definition) is 3. The average Bonchev–Trinajstić information content (AvgIpc) is 2.26. The summed E-state index contributed by atoms with van der Waals surface area (Å²) in [5.41, 5.74) is 0. The topological polar surface area (TPSA) is 46.2 Å². The molecule has 0 fully saturated rings. The molecule has 0 aromatic rings. The summed E-state index contributed by atoms with van der Waals surface area (Å²) in [5.74, 6) is 0.782. The Kier molecular flexibility index (Phi) is 9.10. The molecule has 0 aliphatic carbocycles. The van der Waals surface area contributed by atoms with Crippen molar-refractivity contribution in [3.05, 3.63) is 0 Å². The van der Waals surface area contributed by atoms with Crippen molar-refractivity contribution in [1.82, 2.24) is 5.32 Å². The number of rotatable bonds is 10. The summed E-state index contributed by atoms with van der Waals surface area (Å²) in [6, 6.07) is 0. The van der Waals surface area contributed by atoms with Crippen LogP contribution in [0.25, 0.3) is 0 Å². The molecule has 94 valence electrons. The maximum absolute atomic E-state index is 11.3. The van der Waals surface area contributed by atoms with Crippen LogP contribution in [0.2, 0.25) is 0 Å². The minimum atomic E-state index is 0.167. The van der Waals surface area contributed by atoms with Crippen LogP contribution in [0.5, 0.6) is 0 Å². The standard InChI is InChI=1S/C13H25NO2/c1-4-12(15)10-14-9-7-5-6-8-13(16)11(2)3/h11,14H,4-10H2,1-3H3. The van der Waals surface area contributed by atoms with E-state index in [1.165, 1.54) is 0 Å². The average molecular weight is 227 g/mol. The molecule has 0 unspecified atom stereocenters. The number of carbonyl (C=O) groups is 2. The van der Waals surface area contributed by atoms with Crippen LogP contribution in [0.15, 0.2) is 0 Å². The zero-order valence-electron chi connectivity index (χ0n) is 10.8. The smallest absolute Gasteiger partial charge is 0.146 e. The second-order valence-electron chi connectivity index (χ2n) is 4.50. The van der Waals surface area contributed by atoms with Crippen molar-refractivity contribution in [3.8, 4) is 0 Å². The van der Waals surface area contributed by atoms with E-state index in [0.29, 0.717) is 25.2 Å². The minimum Gasteiger partial charge on any atom is -0.310 e. The van der Waals surface area contributed by atoms with Gasteiger partial charge in [0.05, 0.1) is 6.54 Å². The highest BCUT2D eigenvalue weighted by molar-refractivity contribution is 5.80. The van der Waals surface area contributed by atoms with E-state index in [1.807, 2.05) is 20.8 Å². The van der Waals surface area contributed by atoms with Gasteiger partial charge in [-0.05, 0) is 19.4 Å². The van der Waals surface area contributed by atoms with Crippen molar-refractivity contribution < 1.29 is 9.59 Å². The molecule has 0 amide bonds. The summed E-state index contributed by atoms with van der Waals surface area (Å²) in [5, 5.41) is 3.11. The highest BCUT2D eigenvalue weighted by atomic mass is 16.1. The molecule has 0 bridgehead atoms.